The fraction of sp³-hybridized carbons (Fsp3) is 0.167. The highest BCUT2D eigenvalue weighted by Crippen LogP contribution is 2.34. The summed E-state index contributed by atoms with van der Waals surface area (Å²) in [6, 6.07) is 5.63. The molecule has 2 aromatic heterocycles. The first-order valence-corrected chi connectivity index (χ1v) is 10.8. The van der Waals surface area contributed by atoms with Crippen LogP contribution in [0.15, 0.2) is 47.1 Å². The molecule has 1 aliphatic rings. The van der Waals surface area contributed by atoms with Gasteiger partial charge < -0.3 is 19.4 Å². The molecule has 0 saturated carbocycles. The van der Waals surface area contributed by atoms with E-state index < -0.39 is 29.6 Å². The quantitative estimate of drug-likeness (QED) is 0.338. The van der Waals surface area contributed by atoms with E-state index in [4.69, 9.17) is 9.15 Å². The number of hydrogen-bond acceptors (Lipinski definition) is 6. The van der Waals surface area contributed by atoms with Gasteiger partial charge in [0, 0.05) is 41.9 Å². The summed E-state index contributed by atoms with van der Waals surface area (Å²) in [5.41, 5.74) is 1.40. The molecule has 2 aromatic carbocycles. The molecule has 0 spiro atoms. The predicted molar refractivity (Wildman–Crippen MR) is 122 cm³/mol. The minimum atomic E-state index is -0.944. The van der Waals surface area contributed by atoms with Crippen LogP contribution in [-0.4, -0.2) is 47.1 Å². The summed E-state index contributed by atoms with van der Waals surface area (Å²) in [6.45, 7) is -0.0273. The number of H-pyrrole nitrogens is 1. The molecule has 1 aliphatic heterocycles. The Kier molecular flexibility index (Phi) is 5.84. The second-order valence-corrected chi connectivity index (χ2v) is 8.10. The molecule has 184 valence electrons. The van der Waals surface area contributed by atoms with Gasteiger partial charge in [0.05, 0.1) is 18.9 Å². The minimum absolute atomic E-state index is 0.0586. The van der Waals surface area contributed by atoms with E-state index in [1.807, 2.05) is 5.32 Å². The summed E-state index contributed by atoms with van der Waals surface area (Å²) in [4.78, 5) is 37.3. The highest BCUT2D eigenvalue weighted by molar-refractivity contribution is 5.99. The Balaban J connectivity index is 1.48. The molecule has 0 unspecified atom stereocenters. The lowest BCUT2D eigenvalue weighted by Crippen LogP contribution is -2.42. The Labute approximate surface area is 202 Å². The van der Waals surface area contributed by atoms with Crippen LogP contribution in [0.2, 0.25) is 0 Å². The maximum Gasteiger partial charge on any atom is 0.321 e. The van der Waals surface area contributed by atoms with Crippen LogP contribution in [0.5, 0.6) is 5.75 Å². The molecular formula is C24H19F2N5O5. The zero-order valence-corrected chi connectivity index (χ0v) is 18.8. The van der Waals surface area contributed by atoms with Gasteiger partial charge in [0.2, 0.25) is 6.41 Å². The number of benzene rings is 2. The van der Waals surface area contributed by atoms with E-state index in [9.17, 15) is 23.2 Å². The number of furan rings is 1. The maximum absolute atomic E-state index is 14.7. The van der Waals surface area contributed by atoms with E-state index in [-0.39, 0.29) is 42.2 Å². The number of aromatic nitrogens is 2. The van der Waals surface area contributed by atoms with Crippen molar-refractivity contribution in [3.05, 3.63) is 71.2 Å². The zero-order chi connectivity index (χ0) is 25.4. The van der Waals surface area contributed by atoms with Gasteiger partial charge in [-0.15, -0.1) is 0 Å². The molecule has 0 fully saturated rings. The van der Waals surface area contributed by atoms with Crippen molar-refractivity contribution in [2.45, 2.75) is 12.6 Å². The summed E-state index contributed by atoms with van der Waals surface area (Å²) < 4.78 is 40.3. The Hall–Kier alpha value is -4.74. The largest absolute Gasteiger partial charge is 0.494 e. The van der Waals surface area contributed by atoms with E-state index in [0.717, 1.165) is 0 Å². The number of nitrogens with one attached hydrogen (secondary N) is 3. The number of hydrogen-bond donors (Lipinski definition) is 3. The Morgan fingerprint density at radius 1 is 1.33 bits per heavy atom. The van der Waals surface area contributed by atoms with Crippen molar-refractivity contribution in [3.8, 4) is 16.9 Å². The summed E-state index contributed by atoms with van der Waals surface area (Å²) in [6.07, 6.45) is 3.23. The van der Waals surface area contributed by atoms with Crippen LogP contribution in [0.1, 0.15) is 27.7 Å². The number of aromatic amines is 1. The van der Waals surface area contributed by atoms with Gasteiger partial charge in [-0.1, -0.05) is 6.07 Å². The second kappa shape index (κ2) is 9.13. The smallest absolute Gasteiger partial charge is 0.321 e. The molecule has 10 nitrogen and oxygen atoms in total. The third-order valence-electron chi connectivity index (χ3n) is 5.95. The van der Waals surface area contributed by atoms with Crippen LogP contribution in [0, 0.1) is 11.6 Å². The normalized spacial score (nSPS) is 13.5. The van der Waals surface area contributed by atoms with Crippen molar-refractivity contribution in [2.75, 3.05) is 13.7 Å². The molecule has 3 N–H and O–H groups in total. The lowest BCUT2D eigenvalue weighted by molar-refractivity contribution is -0.108. The Morgan fingerprint density at radius 3 is 2.89 bits per heavy atom. The molecule has 0 bridgehead atoms. The number of nitrogens with zero attached hydrogens (tertiary/aromatic N) is 2. The minimum Gasteiger partial charge on any atom is -0.494 e. The van der Waals surface area contributed by atoms with Gasteiger partial charge in [0.25, 0.3) is 5.91 Å². The summed E-state index contributed by atoms with van der Waals surface area (Å²) in [7, 11) is 1.30. The van der Waals surface area contributed by atoms with Gasteiger partial charge in [-0.3, -0.25) is 20.0 Å². The number of methoxy groups -OCH3 is 1. The number of amides is 4. The number of ether oxygens (including phenoxy) is 1. The van der Waals surface area contributed by atoms with E-state index >= 15 is 0 Å². The summed E-state index contributed by atoms with van der Waals surface area (Å²) in [5.74, 6) is -1.75. The number of fused-ring (bicyclic) bond motifs is 2. The first kappa shape index (κ1) is 23.0. The highest BCUT2D eigenvalue weighted by Gasteiger charge is 2.35. The molecule has 0 aliphatic carbocycles. The highest BCUT2D eigenvalue weighted by atomic mass is 19.1. The van der Waals surface area contributed by atoms with Gasteiger partial charge in [0.15, 0.2) is 11.6 Å². The SMILES string of the molecule is COc1ccc2c(c1F)C(=O)N(C[C@H](NC(=O)NC=O)c1cc3cc(-c4cn[nH]c4)c(F)cc3o1)C2. The average molecular weight is 495 g/mol. The Morgan fingerprint density at radius 2 is 2.17 bits per heavy atom. The van der Waals surface area contributed by atoms with Crippen LogP contribution >= 0.6 is 0 Å². The van der Waals surface area contributed by atoms with Crippen LogP contribution in [-0.2, 0) is 11.3 Å². The van der Waals surface area contributed by atoms with Crippen LogP contribution in [0.25, 0.3) is 22.1 Å². The summed E-state index contributed by atoms with van der Waals surface area (Å²) >= 11 is 0. The van der Waals surface area contributed by atoms with E-state index in [2.05, 4.69) is 15.5 Å². The average Bonchev–Trinajstić information content (AvgIpc) is 3.58. The van der Waals surface area contributed by atoms with E-state index in [1.54, 1.807) is 24.4 Å². The fourth-order valence-electron chi connectivity index (χ4n) is 4.25. The van der Waals surface area contributed by atoms with E-state index in [0.29, 0.717) is 22.1 Å². The van der Waals surface area contributed by atoms with Crippen molar-refractivity contribution in [2.24, 2.45) is 0 Å². The molecule has 4 aromatic rings. The monoisotopic (exact) mass is 495 g/mol. The van der Waals surface area contributed by atoms with Crippen molar-refractivity contribution >= 4 is 29.3 Å². The van der Waals surface area contributed by atoms with Crippen molar-refractivity contribution in [3.63, 3.8) is 0 Å². The number of carbonyl (C=O) groups excluding carboxylic acids is 3. The van der Waals surface area contributed by atoms with Gasteiger partial charge in [-0.2, -0.15) is 5.10 Å². The predicted octanol–water partition coefficient (Wildman–Crippen LogP) is 3.26. The molecule has 1 atom stereocenters. The van der Waals surface area contributed by atoms with Gasteiger partial charge in [-0.05, 0) is 23.8 Å². The zero-order valence-electron chi connectivity index (χ0n) is 18.8. The fourth-order valence-corrected chi connectivity index (χ4v) is 4.25. The van der Waals surface area contributed by atoms with Crippen molar-refractivity contribution in [1.82, 2.24) is 25.7 Å². The molecular weight excluding hydrogens is 476 g/mol. The molecule has 4 amide bonds. The van der Waals surface area contributed by atoms with E-state index in [1.165, 1.54) is 30.3 Å². The van der Waals surface area contributed by atoms with Crippen LogP contribution in [0.4, 0.5) is 13.6 Å². The molecule has 12 heteroatoms. The van der Waals surface area contributed by atoms with Crippen molar-refractivity contribution in [1.29, 1.82) is 0 Å². The van der Waals surface area contributed by atoms with Gasteiger partial charge in [0.1, 0.15) is 23.2 Å². The third kappa shape index (κ3) is 4.02. The molecule has 5 rings (SSSR count). The lowest BCUT2D eigenvalue weighted by Gasteiger charge is -2.23. The number of imide groups is 1. The molecule has 0 saturated heterocycles. The molecule has 3 heterocycles. The number of carbonyl (C=O) groups is 3. The van der Waals surface area contributed by atoms with Gasteiger partial charge in [-0.25, -0.2) is 13.6 Å². The molecule has 36 heavy (non-hydrogen) atoms. The third-order valence-corrected chi connectivity index (χ3v) is 5.95. The number of rotatable bonds is 7. The first-order chi connectivity index (χ1) is 17.4. The van der Waals surface area contributed by atoms with Crippen LogP contribution in [0.3, 0.4) is 0 Å². The Bertz CT molecular complexity index is 1480. The maximum atomic E-state index is 14.7. The molecule has 0 radical (unpaired) electrons. The number of urea groups is 1. The van der Waals surface area contributed by atoms with Gasteiger partial charge >= 0.3 is 6.03 Å². The number of halogens is 2. The van der Waals surface area contributed by atoms with Crippen LogP contribution < -0.4 is 15.4 Å². The summed E-state index contributed by atoms with van der Waals surface area (Å²) in [5, 5.41) is 11.5. The lowest BCUT2D eigenvalue weighted by atomic mass is 10.1. The van der Waals surface area contributed by atoms with Crippen molar-refractivity contribution < 1.29 is 32.3 Å². The standard InChI is InChI=1S/C24H19F2N5O5/c1-35-18-3-2-12-9-31(23(33)21(12)22(18)26)10-17(30-24(34)27-11-32)20-5-13-4-15(14-7-28-29-8-14)16(25)6-19(13)36-20/h2-8,11,17H,9-10H2,1H3,(H,28,29)(H2,27,30,32,34)/t17-/m0/s1. The second-order valence-electron chi connectivity index (χ2n) is 8.10. The first-order valence-electron chi connectivity index (χ1n) is 10.8. The topological polar surface area (TPSA) is 130 Å².